The lowest BCUT2D eigenvalue weighted by Crippen LogP contribution is -1.94. The van der Waals surface area contributed by atoms with Gasteiger partial charge < -0.3 is 5.73 Å². The largest absolute Gasteiger partial charge is 0.375 e. The molecule has 0 saturated carbocycles. The molecule has 0 radical (unpaired) electrons. The normalized spacial score (nSPS) is 11.1. The van der Waals surface area contributed by atoms with Gasteiger partial charge in [0.15, 0.2) is 5.13 Å². The van der Waals surface area contributed by atoms with Crippen LogP contribution in [0.1, 0.15) is 23.1 Å². The van der Waals surface area contributed by atoms with E-state index in [0.717, 1.165) is 33.9 Å². The van der Waals surface area contributed by atoms with Crippen LogP contribution in [0.5, 0.6) is 0 Å². The third kappa shape index (κ3) is 2.55. The smallest absolute Gasteiger partial charge is 0.180 e. The summed E-state index contributed by atoms with van der Waals surface area (Å²) in [5.74, 6) is 0. The first-order valence-corrected chi connectivity index (χ1v) is 8.05. The molecule has 0 aliphatic heterocycles. The Labute approximate surface area is 130 Å². The van der Waals surface area contributed by atoms with Crippen LogP contribution in [0.2, 0.25) is 0 Å². The van der Waals surface area contributed by atoms with Gasteiger partial charge in [0, 0.05) is 27.4 Å². The number of aromatic nitrogens is 2. The second-order valence-electron chi connectivity index (χ2n) is 4.59. The first-order valence-electron chi connectivity index (χ1n) is 6.44. The standard InChI is InChI=1S/C15H14BrN3S/c1-2-12-13(20-15(17)19-12)7-10-5-3-4-9-6-11(16)8-18-14(9)10/h3-6,8H,2,7H2,1H3,(H2,17,19). The number of anilines is 1. The third-order valence-corrected chi connectivity index (χ3v) is 4.60. The molecular weight excluding hydrogens is 334 g/mol. The van der Waals surface area contributed by atoms with E-state index in [4.69, 9.17) is 5.73 Å². The lowest BCUT2D eigenvalue weighted by atomic mass is 10.1. The van der Waals surface area contributed by atoms with Gasteiger partial charge in [-0.1, -0.05) is 25.1 Å². The Hall–Kier alpha value is -1.46. The van der Waals surface area contributed by atoms with Crippen molar-refractivity contribution in [1.82, 2.24) is 9.97 Å². The highest BCUT2D eigenvalue weighted by Gasteiger charge is 2.11. The Morgan fingerprint density at radius 3 is 3.00 bits per heavy atom. The number of fused-ring (bicyclic) bond motifs is 1. The minimum absolute atomic E-state index is 0.646. The zero-order valence-electron chi connectivity index (χ0n) is 11.1. The van der Waals surface area contributed by atoms with Gasteiger partial charge in [-0.25, -0.2) is 4.98 Å². The molecule has 2 aromatic heterocycles. The summed E-state index contributed by atoms with van der Waals surface area (Å²) in [4.78, 5) is 10.2. The summed E-state index contributed by atoms with van der Waals surface area (Å²) >= 11 is 5.04. The fraction of sp³-hybridized carbons (Fsp3) is 0.200. The predicted molar refractivity (Wildman–Crippen MR) is 88.2 cm³/mol. The van der Waals surface area contributed by atoms with Crippen molar-refractivity contribution in [3.05, 3.63) is 51.1 Å². The predicted octanol–water partition coefficient (Wildman–Crippen LogP) is 4.19. The van der Waals surface area contributed by atoms with Crippen LogP contribution in [0.3, 0.4) is 0 Å². The molecule has 1 aromatic carbocycles. The molecule has 2 N–H and O–H groups in total. The molecule has 0 unspecified atom stereocenters. The zero-order valence-corrected chi connectivity index (χ0v) is 13.5. The number of aryl methyl sites for hydroxylation is 1. The SMILES string of the molecule is CCc1nc(N)sc1Cc1cccc2cc(Br)cnc12. The van der Waals surface area contributed by atoms with Crippen molar-refractivity contribution in [3.63, 3.8) is 0 Å². The molecule has 102 valence electrons. The summed E-state index contributed by atoms with van der Waals surface area (Å²) in [7, 11) is 0. The molecule has 0 aliphatic carbocycles. The van der Waals surface area contributed by atoms with Gasteiger partial charge in [0.05, 0.1) is 11.2 Å². The summed E-state index contributed by atoms with van der Waals surface area (Å²) < 4.78 is 0.999. The molecule has 0 atom stereocenters. The first kappa shape index (κ1) is 13.5. The second-order valence-corrected chi connectivity index (χ2v) is 6.63. The van der Waals surface area contributed by atoms with Gasteiger partial charge in [0.2, 0.25) is 0 Å². The van der Waals surface area contributed by atoms with Crippen molar-refractivity contribution in [1.29, 1.82) is 0 Å². The van der Waals surface area contributed by atoms with Crippen LogP contribution in [-0.4, -0.2) is 9.97 Å². The maximum atomic E-state index is 5.83. The second kappa shape index (κ2) is 5.50. The van der Waals surface area contributed by atoms with E-state index in [0.29, 0.717) is 5.13 Å². The summed E-state index contributed by atoms with van der Waals surface area (Å²) in [6, 6.07) is 8.37. The molecule has 0 bridgehead atoms. The van der Waals surface area contributed by atoms with E-state index in [2.05, 4.69) is 57.1 Å². The van der Waals surface area contributed by atoms with Gasteiger partial charge in [-0.3, -0.25) is 4.98 Å². The van der Waals surface area contributed by atoms with Gasteiger partial charge >= 0.3 is 0 Å². The van der Waals surface area contributed by atoms with Crippen molar-refractivity contribution >= 4 is 43.3 Å². The van der Waals surface area contributed by atoms with Crippen molar-refractivity contribution in [2.45, 2.75) is 19.8 Å². The highest BCUT2D eigenvalue weighted by molar-refractivity contribution is 9.10. The molecule has 0 spiro atoms. The summed E-state index contributed by atoms with van der Waals surface area (Å²) in [6.07, 6.45) is 3.59. The monoisotopic (exact) mass is 347 g/mol. The number of halogens is 1. The van der Waals surface area contributed by atoms with E-state index < -0.39 is 0 Å². The van der Waals surface area contributed by atoms with Gasteiger partial charge in [-0.15, -0.1) is 11.3 Å². The van der Waals surface area contributed by atoms with E-state index >= 15 is 0 Å². The van der Waals surface area contributed by atoms with Gasteiger partial charge in [0.25, 0.3) is 0 Å². The van der Waals surface area contributed by atoms with Crippen molar-refractivity contribution in [2.75, 3.05) is 5.73 Å². The number of nitrogens with zero attached hydrogens (tertiary/aromatic N) is 2. The van der Waals surface area contributed by atoms with E-state index in [1.54, 1.807) is 11.3 Å². The zero-order chi connectivity index (χ0) is 14.1. The Balaban J connectivity index is 2.06. The van der Waals surface area contributed by atoms with Gasteiger partial charge in [-0.05, 0) is 34.0 Å². The number of hydrogen-bond acceptors (Lipinski definition) is 4. The van der Waals surface area contributed by atoms with Crippen molar-refractivity contribution in [3.8, 4) is 0 Å². The van der Waals surface area contributed by atoms with Crippen LogP contribution in [0.15, 0.2) is 34.9 Å². The summed E-state index contributed by atoms with van der Waals surface area (Å²) in [6.45, 7) is 2.11. The molecular formula is C15H14BrN3S. The lowest BCUT2D eigenvalue weighted by molar-refractivity contribution is 1.02. The molecule has 0 aliphatic rings. The minimum Gasteiger partial charge on any atom is -0.375 e. The Bertz CT molecular complexity index is 767. The highest BCUT2D eigenvalue weighted by atomic mass is 79.9. The molecule has 0 fully saturated rings. The Kier molecular flexibility index (Phi) is 3.72. The molecule has 3 aromatic rings. The average molecular weight is 348 g/mol. The fourth-order valence-electron chi connectivity index (χ4n) is 2.33. The van der Waals surface area contributed by atoms with E-state index in [9.17, 15) is 0 Å². The van der Waals surface area contributed by atoms with Crippen LogP contribution in [0.4, 0.5) is 5.13 Å². The minimum atomic E-state index is 0.646. The van der Waals surface area contributed by atoms with E-state index in [1.807, 2.05) is 6.20 Å². The van der Waals surface area contributed by atoms with Crippen LogP contribution >= 0.6 is 27.3 Å². The number of hydrogen-bond donors (Lipinski definition) is 1. The maximum Gasteiger partial charge on any atom is 0.180 e. The molecule has 20 heavy (non-hydrogen) atoms. The third-order valence-electron chi connectivity index (χ3n) is 3.24. The molecule has 0 amide bonds. The van der Waals surface area contributed by atoms with Crippen LogP contribution < -0.4 is 5.73 Å². The first-order chi connectivity index (χ1) is 9.67. The van der Waals surface area contributed by atoms with Crippen molar-refractivity contribution < 1.29 is 0 Å². The van der Waals surface area contributed by atoms with Gasteiger partial charge in [0.1, 0.15) is 0 Å². The van der Waals surface area contributed by atoms with Crippen molar-refractivity contribution in [2.24, 2.45) is 0 Å². The van der Waals surface area contributed by atoms with Gasteiger partial charge in [-0.2, -0.15) is 0 Å². The topological polar surface area (TPSA) is 51.8 Å². The number of pyridine rings is 1. The van der Waals surface area contributed by atoms with Crippen LogP contribution in [-0.2, 0) is 12.8 Å². The van der Waals surface area contributed by atoms with Crippen LogP contribution in [0.25, 0.3) is 10.9 Å². The highest BCUT2D eigenvalue weighted by Crippen LogP contribution is 2.27. The number of rotatable bonds is 3. The number of thiazole rings is 1. The Morgan fingerprint density at radius 2 is 2.20 bits per heavy atom. The molecule has 3 rings (SSSR count). The summed E-state index contributed by atoms with van der Waals surface area (Å²) in [5.41, 5.74) is 9.19. The molecule has 3 nitrogen and oxygen atoms in total. The maximum absolute atomic E-state index is 5.83. The van der Waals surface area contributed by atoms with Crippen LogP contribution in [0, 0.1) is 0 Å². The number of para-hydroxylation sites is 1. The quantitative estimate of drug-likeness (QED) is 0.772. The molecule has 2 heterocycles. The van der Waals surface area contributed by atoms with E-state index in [1.165, 1.54) is 10.4 Å². The average Bonchev–Trinajstić information content (AvgIpc) is 2.78. The number of benzene rings is 1. The summed E-state index contributed by atoms with van der Waals surface area (Å²) in [5, 5.41) is 1.79. The molecule has 0 saturated heterocycles. The fourth-order valence-corrected chi connectivity index (χ4v) is 3.62. The molecule has 5 heteroatoms. The van der Waals surface area contributed by atoms with E-state index in [-0.39, 0.29) is 0 Å². The Morgan fingerprint density at radius 1 is 1.35 bits per heavy atom. The number of nitrogen functional groups attached to an aromatic ring is 1. The number of nitrogens with two attached hydrogens (primary N) is 1. The lowest BCUT2D eigenvalue weighted by Gasteiger charge is -2.06.